The molecular weight excluding hydrogens is 617 g/mol. The number of anilines is 1. The van der Waals surface area contributed by atoms with Crippen LogP contribution in [0.25, 0.3) is 0 Å². The average Bonchev–Trinajstić information content (AvgIpc) is 3.29. The number of hydrogen-bond donors (Lipinski definition) is 1. The number of rotatable bonds is 9. The molecule has 2 aliphatic rings. The molecular formula is C29H40FN3O11S. The lowest BCUT2D eigenvalue weighted by Gasteiger charge is -2.25. The summed E-state index contributed by atoms with van der Waals surface area (Å²) in [6.45, 7) is 8.02. The van der Waals surface area contributed by atoms with E-state index in [0.717, 1.165) is 17.9 Å². The first-order chi connectivity index (χ1) is 20.9. The van der Waals surface area contributed by atoms with Crippen LogP contribution in [-0.2, 0) is 38.4 Å². The molecule has 2 fully saturated rings. The predicted octanol–water partition coefficient (Wildman–Crippen LogP) is 3.48. The molecule has 45 heavy (non-hydrogen) atoms. The number of sulfone groups is 1. The highest BCUT2D eigenvalue weighted by Crippen LogP contribution is 2.33. The summed E-state index contributed by atoms with van der Waals surface area (Å²) in [5, 5.41) is 2.41. The van der Waals surface area contributed by atoms with Gasteiger partial charge in [-0.25, -0.2) is 36.9 Å². The van der Waals surface area contributed by atoms with Crippen LogP contribution in [0.15, 0.2) is 18.2 Å². The fourth-order valence-corrected chi connectivity index (χ4v) is 6.31. The molecule has 1 aromatic rings. The topological polar surface area (TPSA) is 175 Å². The Balaban J connectivity index is 1.55. The van der Waals surface area contributed by atoms with E-state index in [1.165, 1.54) is 12.1 Å². The van der Waals surface area contributed by atoms with Crippen molar-refractivity contribution >= 4 is 45.7 Å². The molecule has 250 valence electrons. The second-order valence-corrected chi connectivity index (χ2v) is 14.5. The van der Waals surface area contributed by atoms with E-state index >= 15 is 4.39 Å². The highest BCUT2D eigenvalue weighted by molar-refractivity contribution is 7.91. The fourth-order valence-electron chi connectivity index (χ4n) is 4.82. The molecule has 2 atom stereocenters. The largest absolute Gasteiger partial charge is 0.444 e. The quantitative estimate of drug-likeness (QED) is 0.234. The van der Waals surface area contributed by atoms with Gasteiger partial charge in [0.2, 0.25) is 12.7 Å². The van der Waals surface area contributed by atoms with Crippen molar-refractivity contribution in [1.29, 1.82) is 0 Å². The number of alkyl carbamates (subject to hydrolysis) is 1. The molecule has 0 aliphatic carbocycles. The van der Waals surface area contributed by atoms with Crippen molar-refractivity contribution in [3.8, 4) is 0 Å². The first kappa shape index (κ1) is 35.5. The van der Waals surface area contributed by atoms with Crippen LogP contribution in [0, 0.1) is 11.7 Å². The van der Waals surface area contributed by atoms with Crippen molar-refractivity contribution < 1.29 is 55.7 Å². The standard InChI is InChI=1S/C29H40FN3O11S/c1-17(2)24(31-26(36)44-29(4,5)6)25(35)41-16-42-27(37)32(18(3)34)14-21-15-33(28(38)43-21)20-7-8-22(23(30)13-20)19-9-11-45(39,40)12-10-19/h7-8,13,17,19,21,24H,9-12,14-16H2,1-6H3,(H,31,36)/t21-,24-/m0/s1. The Hall–Kier alpha value is -3.95. The minimum absolute atomic E-state index is 0.0136. The van der Waals surface area contributed by atoms with Gasteiger partial charge in [0.05, 0.1) is 30.3 Å². The third-order valence-corrected chi connectivity index (χ3v) is 8.84. The maximum Gasteiger partial charge on any atom is 0.419 e. The SMILES string of the molecule is CC(=O)N(C[C@H]1CN(c2ccc(C3CCS(=O)(=O)CC3)c(F)c2)C(=O)O1)C(=O)OCOC(=O)[C@@H](NC(=O)OC(C)(C)C)C(C)C. The van der Waals surface area contributed by atoms with Gasteiger partial charge in [-0.3, -0.25) is 9.69 Å². The number of carbonyl (C=O) groups is 5. The molecule has 16 heteroatoms. The Kier molecular flexibility index (Phi) is 11.4. The molecule has 0 saturated carbocycles. The number of esters is 1. The van der Waals surface area contributed by atoms with E-state index in [1.54, 1.807) is 34.6 Å². The number of amides is 4. The van der Waals surface area contributed by atoms with E-state index in [2.05, 4.69) is 5.32 Å². The number of nitrogens with one attached hydrogen (secondary N) is 1. The molecule has 0 unspecified atom stereocenters. The number of benzene rings is 1. The number of nitrogens with zero attached hydrogens (tertiary/aromatic N) is 2. The summed E-state index contributed by atoms with van der Waals surface area (Å²) in [4.78, 5) is 63.9. The second kappa shape index (κ2) is 14.4. The lowest BCUT2D eigenvalue weighted by molar-refractivity contribution is -0.156. The number of halogens is 1. The van der Waals surface area contributed by atoms with Gasteiger partial charge in [-0.05, 0) is 63.1 Å². The van der Waals surface area contributed by atoms with Crippen molar-refractivity contribution in [3.63, 3.8) is 0 Å². The lowest BCUT2D eigenvalue weighted by atomic mass is 9.93. The van der Waals surface area contributed by atoms with Crippen LogP contribution in [0.3, 0.4) is 0 Å². The van der Waals surface area contributed by atoms with Crippen molar-refractivity contribution in [1.82, 2.24) is 10.2 Å². The second-order valence-electron chi connectivity index (χ2n) is 12.2. The average molecular weight is 658 g/mol. The van der Waals surface area contributed by atoms with Crippen LogP contribution in [0.5, 0.6) is 0 Å². The van der Waals surface area contributed by atoms with Gasteiger partial charge in [0.25, 0.3) is 0 Å². The minimum Gasteiger partial charge on any atom is -0.444 e. The number of cyclic esters (lactones) is 1. The zero-order valence-corrected chi connectivity index (χ0v) is 27.0. The monoisotopic (exact) mass is 657 g/mol. The zero-order chi connectivity index (χ0) is 33.7. The van der Waals surface area contributed by atoms with Crippen molar-refractivity contribution in [2.45, 2.75) is 78.0 Å². The Labute approximate surface area is 261 Å². The summed E-state index contributed by atoms with van der Waals surface area (Å²) < 4.78 is 58.8. The normalized spacial score (nSPS) is 19.0. The molecule has 2 saturated heterocycles. The van der Waals surface area contributed by atoms with Gasteiger partial charge < -0.3 is 24.3 Å². The molecule has 4 amide bonds. The molecule has 0 bridgehead atoms. The van der Waals surface area contributed by atoms with Crippen LogP contribution in [-0.4, -0.2) is 92.6 Å². The summed E-state index contributed by atoms with van der Waals surface area (Å²) in [5.74, 6) is -2.90. The van der Waals surface area contributed by atoms with E-state index < -0.39 is 82.8 Å². The maximum absolute atomic E-state index is 15.0. The number of ether oxygens (including phenoxy) is 4. The molecule has 1 aromatic carbocycles. The maximum atomic E-state index is 15.0. The van der Waals surface area contributed by atoms with E-state index in [4.69, 9.17) is 18.9 Å². The van der Waals surface area contributed by atoms with Gasteiger partial charge in [-0.15, -0.1) is 0 Å². The summed E-state index contributed by atoms with van der Waals surface area (Å²) >= 11 is 0. The van der Waals surface area contributed by atoms with Crippen LogP contribution in [0.2, 0.25) is 0 Å². The van der Waals surface area contributed by atoms with Gasteiger partial charge >= 0.3 is 24.2 Å². The number of imide groups is 1. The Morgan fingerprint density at radius 2 is 1.78 bits per heavy atom. The molecule has 3 rings (SSSR count). The van der Waals surface area contributed by atoms with E-state index in [-0.39, 0.29) is 29.7 Å². The molecule has 14 nitrogen and oxygen atoms in total. The van der Waals surface area contributed by atoms with Crippen LogP contribution < -0.4 is 10.2 Å². The molecule has 1 N–H and O–H groups in total. The van der Waals surface area contributed by atoms with E-state index in [1.807, 2.05) is 0 Å². The van der Waals surface area contributed by atoms with Crippen molar-refractivity contribution in [2.24, 2.45) is 5.92 Å². The van der Waals surface area contributed by atoms with Gasteiger partial charge in [-0.1, -0.05) is 19.9 Å². The Morgan fingerprint density at radius 1 is 1.13 bits per heavy atom. The first-order valence-corrected chi connectivity index (χ1v) is 16.3. The Morgan fingerprint density at radius 3 is 2.33 bits per heavy atom. The van der Waals surface area contributed by atoms with Gasteiger partial charge in [-0.2, -0.15) is 0 Å². The van der Waals surface area contributed by atoms with E-state index in [0.29, 0.717) is 23.3 Å². The molecule has 0 aromatic heterocycles. The lowest BCUT2D eigenvalue weighted by Crippen LogP contribution is -2.47. The predicted molar refractivity (Wildman–Crippen MR) is 157 cm³/mol. The smallest absolute Gasteiger partial charge is 0.419 e. The van der Waals surface area contributed by atoms with Crippen molar-refractivity contribution in [2.75, 3.05) is 36.3 Å². The van der Waals surface area contributed by atoms with Gasteiger partial charge in [0, 0.05) is 6.92 Å². The van der Waals surface area contributed by atoms with Crippen LogP contribution in [0.4, 0.5) is 24.5 Å². The first-order valence-electron chi connectivity index (χ1n) is 14.5. The summed E-state index contributed by atoms with van der Waals surface area (Å²) in [6, 6.07) is 3.10. The zero-order valence-electron chi connectivity index (χ0n) is 26.2. The number of carbonyl (C=O) groups excluding carboxylic acids is 5. The van der Waals surface area contributed by atoms with Crippen molar-refractivity contribution in [3.05, 3.63) is 29.6 Å². The molecule has 2 aliphatic heterocycles. The summed E-state index contributed by atoms with van der Waals surface area (Å²) in [7, 11) is -3.11. The highest BCUT2D eigenvalue weighted by atomic mass is 32.2. The highest BCUT2D eigenvalue weighted by Gasteiger charge is 2.37. The van der Waals surface area contributed by atoms with Crippen LogP contribution in [0.1, 0.15) is 65.9 Å². The molecule has 0 spiro atoms. The third-order valence-electron chi connectivity index (χ3n) is 7.13. The van der Waals surface area contributed by atoms with E-state index in [9.17, 15) is 32.4 Å². The third kappa shape index (κ3) is 10.0. The number of hydrogen-bond acceptors (Lipinski definition) is 11. The summed E-state index contributed by atoms with van der Waals surface area (Å²) in [6.07, 6.45) is -3.19. The Bertz CT molecular complexity index is 1400. The fraction of sp³-hybridized carbons (Fsp3) is 0.621. The van der Waals surface area contributed by atoms with Gasteiger partial charge in [0.1, 0.15) is 33.4 Å². The summed E-state index contributed by atoms with van der Waals surface area (Å²) in [5.41, 5.74) is -0.240. The van der Waals surface area contributed by atoms with Gasteiger partial charge in [0.15, 0.2) is 0 Å². The molecule has 0 radical (unpaired) electrons. The van der Waals surface area contributed by atoms with Crippen LogP contribution >= 0.6 is 0 Å². The molecule has 2 heterocycles. The minimum atomic E-state index is -3.11.